The van der Waals surface area contributed by atoms with Crippen molar-refractivity contribution >= 4 is 33.3 Å². The second-order valence-electron chi connectivity index (χ2n) is 7.36. The Hall–Kier alpha value is -1.97. The van der Waals surface area contributed by atoms with Crippen LogP contribution in [-0.2, 0) is 29.0 Å². The first-order chi connectivity index (χ1) is 12.8. The lowest BCUT2D eigenvalue weighted by atomic mass is 9.93. The van der Waals surface area contributed by atoms with Gasteiger partial charge in [0.25, 0.3) is 5.91 Å². The minimum atomic E-state index is -3.14. The molecule has 150 valence electrons. The lowest BCUT2D eigenvalue weighted by molar-refractivity contribution is -0.142. The van der Waals surface area contributed by atoms with Gasteiger partial charge in [-0.25, -0.2) is 13.4 Å². The molecule has 1 atom stereocenters. The summed E-state index contributed by atoms with van der Waals surface area (Å²) in [6, 6.07) is -0.476. The van der Waals surface area contributed by atoms with E-state index in [9.17, 15) is 22.8 Å². The summed E-state index contributed by atoms with van der Waals surface area (Å²) in [4.78, 5) is 38.0. The van der Waals surface area contributed by atoms with E-state index < -0.39 is 15.9 Å². The van der Waals surface area contributed by atoms with Gasteiger partial charge in [-0.2, -0.15) is 5.10 Å². The Morgan fingerprint density at radius 2 is 1.89 bits per heavy atom. The zero-order chi connectivity index (χ0) is 19.6. The lowest BCUT2D eigenvalue weighted by Gasteiger charge is -2.33. The average molecular weight is 399 g/mol. The van der Waals surface area contributed by atoms with Gasteiger partial charge in [0, 0.05) is 32.4 Å². The van der Waals surface area contributed by atoms with Gasteiger partial charge in [-0.15, -0.1) is 0 Å². The minimum Gasteiger partial charge on any atom is -0.469 e. The summed E-state index contributed by atoms with van der Waals surface area (Å²) in [6.45, 7) is 1.07. The molecule has 2 saturated heterocycles. The first kappa shape index (κ1) is 19.8. The second-order valence-corrected chi connectivity index (χ2v) is 9.59. The number of hydrogen-bond acceptors (Lipinski definition) is 7. The zero-order valence-corrected chi connectivity index (χ0v) is 16.2. The van der Waals surface area contributed by atoms with Crippen molar-refractivity contribution in [2.45, 2.75) is 44.6 Å². The van der Waals surface area contributed by atoms with Gasteiger partial charge in [0.2, 0.25) is 5.91 Å². The highest BCUT2D eigenvalue weighted by atomic mass is 32.2. The van der Waals surface area contributed by atoms with Gasteiger partial charge in [0.15, 0.2) is 9.84 Å². The molecule has 0 spiro atoms. The Balaban J connectivity index is 1.62. The summed E-state index contributed by atoms with van der Waals surface area (Å²) < 4.78 is 28.1. The van der Waals surface area contributed by atoms with Crippen molar-refractivity contribution in [1.82, 2.24) is 9.91 Å². The van der Waals surface area contributed by atoms with E-state index in [1.54, 1.807) is 4.90 Å². The minimum absolute atomic E-state index is 0.0496. The number of sulfone groups is 1. The van der Waals surface area contributed by atoms with Crippen molar-refractivity contribution < 1.29 is 27.5 Å². The Kier molecular flexibility index (Phi) is 5.83. The summed E-state index contributed by atoms with van der Waals surface area (Å²) in [5, 5.41) is 5.45. The largest absolute Gasteiger partial charge is 0.469 e. The van der Waals surface area contributed by atoms with Crippen molar-refractivity contribution in [3.8, 4) is 0 Å². The molecule has 1 unspecified atom stereocenters. The molecular formula is C17H25N3O6S. The Morgan fingerprint density at radius 1 is 1.19 bits per heavy atom. The number of carbonyl (C=O) groups is 3. The highest BCUT2D eigenvalue weighted by Crippen LogP contribution is 2.24. The number of amides is 2. The fraction of sp³-hybridized carbons (Fsp3) is 0.765. The predicted octanol–water partition coefficient (Wildman–Crippen LogP) is -0.0464. The van der Waals surface area contributed by atoms with Crippen LogP contribution < -0.4 is 0 Å². The van der Waals surface area contributed by atoms with Gasteiger partial charge in [-0.05, 0) is 25.2 Å². The quantitative estimate of drug-likeness (QED) is 0.613. The van der Waals surface area contributed by atoms with Crippen molar-refractivity contribution in [3.05, 3.63) is 0 Å². The maximum Gasteiger partial charge on any atom is 0.305 e. The molecule has 10 heteroatoms. The average Bonchev–Trinajstić information content (AvgIpc) is 3.01. The van der Waals surface area contributed by atoms with E-state index in [0.717, 1.165) is 12.8 Å². The molecule has 0 bridgehead atoms. The smallest absolute Gasteiger partial charge is 0.305 e. The molecule has 2 amide bonds. The Labute approximate surface area is 158 Å². The van der Waals surface area contributed by atoms with E-state index in [1.165, 1.54) is 12.1 Å². The van der Waals surface area contributed by atoms with Crippen molar-refractivity contribution in [2.75, 3.05) is 31.7 Å². The summed E-state index contributed by atoms with van der Waals surface area (Å²) in [5.74, 6) is -0.514. The second kappa shape index (κ2) is 7.95. The van der Waals surface area contributed by atoms with Crippen LogP contribution >= 0.6 is 0 Å². The van der Waals surface area contributed by atoms with E-state index in [1.807, 2.05) is 0 Å². The van der Waals surface area contributed by atoms with E-state index >= 15 is 0 Å². The number of nitrogens with zero attached hydrogens (tertiary/aromatic N) is 3. The van der Waals surface area contributed by atoms with Crippen LogP contribution in [0.15, 0.2) is 5.10 Å². The fourth-order valence-electron chi connectivity index (χ4n) is 3.82. The molecule has 2 fully saturated rings. The molecule has 0 aromatic rings. The number of hydrogen-bond donors (Lipinski definition) is 0. The molecule has 3 heterocycles. The molecule has 9 nitrogen and oxygen atoms in total. The van der Waals surface area contributed by atoms with Crippen LogP contribution in [0.5, 0.6) is 0 Å². The van der Waals surface area contributed by atoms with E-state index in [2.05, 4.69) is 9.84 Å². The van der Waals surface area contributed by atoms with E-state index in [0.29, 0.717) is 31.6 Å². The van der Waals surface area contributed by atoms with Crippen LogP contribution in [0.2, 0.25) is 0 Å². The molecule has 3 aliphatic heterocycles. The number of rotatable bonds is 4. The first-order valence-corrected chi connectivity index (χ1v) is 11.1. The van der Waals surface area contributed by atoms with Crippen LogP contribution in [0.4, 0.5) is 0 Å². The number of piperidine rings is 1. The fourth-order valence-corrected chi connectivity index (χ4v) is 5.51. The molecule has 0 aromatic carbocycles. The summed E-state index contributed by atoms with van der Waals surface area (Å²) in [6.07, 6.45) is 2.60. The van der Waals surface area contributed by atoms with Crippen molar-refractivity contribution in [2.24, 2.45) is 11.0 Å². The van der Waals surface area contributed by atoms with E-state index in [4.69, 9.17) is 0 Å². The first-order valence-electron chi connectivity index (χ1n) is 9.25. The molecule has 0 N–H and O–H groups in total. The standard InChI is InChI=1S/C17H25N3O6S/c1-26-16(22)10-12-4-7-19(8-5-12)17(23)14-2-3-15(21)20(18-14)13-6-9-27(24,25)11-13/h12-13H,2-11H2,1H3. The highest BCUT2D eigenvalue weighted by molar-refractivity contribution is 7.91. The van der Waals surface area contributed by atoms with E-state index in [-0.39, 0.29) is 48.0 Å². The Morgan fingerprint density at radius 3 is 2.48 bits per heavy atom. The number of likely N-dealkylation sites (tertiary alicyclic amines) is 1. The third-order valence-corrected chi connectivity index (χ3v) is 7.20. The molecule has 3 rings (SSSR count). The maximum absolute atomic E-state index is 12.8. The predicted molar refractivity (Wildman–Crippen MR) is 96.5 cm³/mol. The van der Waals surface area contributed by atoms with Crippen LogP contribution in [0.1, 0.15) is 38.5 Å². The molecule has 0 radical (unpaired) electrons. The number of methoxy groups -OCH3 is 1. The third kappa shape index (κ3) is 4.66. The highest BCUT2D eigenvalue weighted by Gasteiger charge is 2.38. The molecule has 0 aliphatic carbocycles. The van der Waals surface area contributed by atoms with Gasteiger partial charge in [-0.1, -0.05) is 0 Å². The maximum atomic E-state index is 12.8. The van der Waals surface area contributed by atoms with Gasteiger partial charge >= 0.3 is 5.97 Å². The zero-order valence-electron chi connectivity index (χ0n) is 15.4. The molecule has 0 saturated carbocycles. The van der Waals surface area contributed by atoms with Gasteiger partial charge in [0.1, 0.15) is 5.71 Å². The molecular weight excluding hydrogens is 374 g/mol. The topological polar surface area (TPSA) is 113 Å². The third-order valence-electron chi connectivity index (χ3n) is 5.45. The normalized spacial score (nSPS) is 26.0. The summed E-state index contributed by atoms with van der Waals surface area (Å²) in [5.41, 5.74) is 0.310. The summed E-state index contributed by atoms with van der Waals surface area (Å²) >= 11 is 0. The van der Waals surface area contributed by atoms with Crippen LogP contribution in [0.3, 0.4) is 0 Å². The van der Waals surface area contributed by atoms with Gasteiger partial charge < -0.3 is 9.64 Å². The monoisotopic (exact) mass is 399 g/mol. The molecule has 3 aliphatic rings. The Bertz CT molecular complexity index is 755. The number of esters is 1. The van der Waals surface area contributed by atoms with Crippen LogP contribution in [0, 0.1) is 5.92 Å². The van der Waals surface area contributed by atoms with Crippen LogP contribution in [-0.4, -0.2) is 79.6 Å². The lowest BCUT2D eigenvalue weighted by Crippen LogP contribution is -2.47. The van der Waals surface area contributed by atoms with Crippen molar-refractivity contribution in [1.29, 1.82) is 0 Å². The van der Waals surface area contributed by atoms with Gasteiger partial charge in [0.05, 0.1) is 24.7 Å². The number of hydrazone groups is 1. The molecule has 0 aromatic heterocycles. The molecule has 27 heavy (non-hydrogen) atoms. The summed E-state index contributed by atoms with van der Waals surface area (Å²) in [7, 11) is -1.78. The van der Waals surface area contributed by atoms with Gasteiger partial charge in [-0.3, -0.25) is 14.4 Å². The van der Waals surface area contributed by atoms with Crippen LogP contribution in [0.25, 0.3) is 0 Å². The number of ether oxygens (including phenoxy) is 1. The SMILES string of the molecule is COC(=O)CC1CCN(C(=O)C2=NN(C3CCS(=O)(=O)C3)C(=O)CC2)CC1. The number of carbonyl (C=O) groups excluding carboxylic acids is 3. The van der Waals surface area contributed by atoms with Crippen molar-refractivity contribution in [3.63, 3.8) is 0 Å².